The van der Waals surface area contributed by atoms with Crippen LogP contribution in [0.4, 0.5) is 22.8 Å². The molecule has 9 heteroatoms. The first-order valence-corrected chi connectivity index (χ1v) is 6.56. The lowest BCUT2D eigenvalue weighted by atomic mass is 10.2. The second-order valence-corrected chi connectivity index (χ2v) is 5.64. The molecule has 1 fully saturated rings. The fourth-order valence-corrected chi connectivity index (χ4v) is 1.69. The van der Waals surface area contributed by atoms with Crippen molar-refractivity contribution in [3.63, 3.8) is 0 Å². The normalized spacial score (nSPS) is 17.7. The molecule has 1 saturated heterocycles. The minimum atomic E-state index is -3.27. The van der Waals surface area contributed by atoms with E-state index in [-0.39, 0.29) is 26.2 Å². The molecule has 21 heavy (non-hydrogen) atoms. The summed E-state index contributed by atoms with van der Waals surface area (Å²) < 4.78 is 41.9. The van der Waals surface area contributed by atoms with E-state index in [1.165, 1.54) is 9.80 Å². The highest BCUT2D eigenvalue weighted by atomic mass is 19.3. The lowest BCUT2D eigenvalue weighted by Crippen LogP contribution is -2.55. The van der Waals surface area contributed by atoms with Crippen LogP contribution in [0.2, 0.25) is 0 Å². The highest BCUT2D eigenvalue weighted by molar-refractivity contribution is 5.75. The molecule has 0 aromatic heterocycles. The van der Waals surface area contributed by atoms with Crippen LogP contribution in [0.25, 0.3) is 0 Å². The summed E-state index contributed by atoms with van der Waals surface area (Å²) in [6.45, 7) is 5.87. The maximum Gasteiger partial charge on any atom is 0.410 e. The van der Waals surface area contributed by atoms with E-state index in [4.69, 9.17) is 4.74 Å². The number of hydrogen-bond donors (Lipinski definition) is 1. The van der Waals surface area contributed by atoms with Gasteiger partial charge in [0.05, 0.1) is 0 Å². The number of carbonyl (C=O) groups excluding carboxylic acids is 2. The summed E-state index contributed by atoms with van der Waals surface area (Å²) >= 11 is 0. The highest BCUT2D eigenvalue weighted by Gasteiger charge is 2.29. The SMILES string of the molecule is CC(C)(C)OC(=O)N1CCN(C(=O)NC(F)C(F)F)CC1. The largest absolute Gasteiger partial charge is 0.444 e. The van der Waals surface area contributed by atoms with Gasteiger partial charge in [-0.05, 0) is 20.8 Å². The monoisotopic (exact) mass is 311 g/mol. The molecule has 0 aromatic rings. The van der Waals surface area contributed by atoms with Crippen molar-refractivity contribution in [2.45, 2.75) is 39.1 Å². The van der Waals surface area contributed by atoms with Crippen molar-refractivity contribution in [3.8, 4) is 0 Å². The number of piperazine rings is 1. The summed E-state index contributed by atoms with van der Waals surface area (Å²) in [5, 5.41) is 1.57. The molecule has 0 spiro atoms. The summed E-state index contributed by atoms with van der Waals surface area (Å²) in [5.74, 6) is 0. The zero-order valence-electron chi connectivity index (χ0n) is 12.2. The second-order valence-electron chi connectivity index (χ2n) is 5.64. The summed E-state index contributed by atoms with van der Waals surface area (Å²) in [5.41, 5.74) is -0.621. The van der Waals surface area contributed by atoms with Crippen LogP contribution in [-0.2, 0) is 4.74 Å². The van der Waals surface area contributed by atoms with Gasteiger partial charge in [-0.1, -0.05) is 0 Å². The first-order chi connectivity index (χ1) is 9.60. The molecule has 0 aromatic carbocycles. The van der Waals surface area contributed by atoms with E-state index in [0.717, 1.165) is 0 Å². The zero-order chi connectivity index (χ0) is 16.2. The lowest BCUT2D eigenvalue weighted by Gasteiger charge is -2.35. The van der Waals surface area contributed by atoms with Crippen LogP contribution in [0.15, 0.2) is 0 Å². The number of carbonyl (C=O) groups is 2. The van der Waals surface area contributed by atoms with Gasteiger partial charge >= 0.3 is 12.1 Å². The Morgan fingerprint density at radius 3 is 1.95 bits per heavy atom. The number of amides is 3. The van der Waals surface area contributed by atoms with Crippen molar-refractivity contribution in [1.82, 2.24) is 15.1 Å². The van der Waals surface area contributed by atoms with E-state index in [0.29, 0.717) is 0 Å². The van der Waals surface area contributed by atoms with Gasteiger partial charge < -0.3 is 19.9 Å². The lowest BCUT2D eigenvalue weighted by molar-refractivity contribution is 0.0142. The number of rotatable bonds is 2. The first-order valence-electron chi connectivity index (χ1n) is 6.56. The van der Waals surface area contributed by atoms with E-state index in [1.807, 2.05) is 0 Å². The molecule has 1 heterocycles. The number of alkyl halides is 3. The molecule has 1 atom stereocenters. The Kier molecular flexibility index (Phi) is 5.68. The van der Waals surface area contributed by atoms with Crippen molar-refractivity contribution in [3.05, 3.63) is 0 Å². The minimum Gasteiger partial charge on any atom is -0.444 e. The average Bonchev–Trinajstić information content (AvgIpc) is 2.36. The molecule has 1 rings (SSSR count). The van der Waals surface area contributed by atoms with E-state index in [2.05, 4.69) is 0 Å². The number of ether oxygens (including phenoxy) is 1. The van der Waals surface area contributed by atoms with Crippen molar-refractivity contribution in [1.29, 1.82) is 0 Å². The van der Waals surface area contributed by atoms with Crippen LogP contribution in [-0.4, -0.2) is 66.4 Å². The molecular weight excluding hydrogens is 291 g/mol. The third-order valence-electron chi connectivity index (χ3n) is 2.70. The molecular formula is C12H20F3N3O3. The van der Waals surface area contributed by atoms with Gasteiger partial charge in [0.15, 0.2) is 0 Å². The summed E-state index contributed by atoms with van der Waals surface area (Å²) in [6, 6.07) is -0.911. The number of nitrogens with one attached hydrogen (secondary N) is 1. The Morgan fingerprint density at radius 2 is 1.52 bits per heavy atom. The van der Waals surface area contributed by atoms with Crippen LogP contribution in [0, 0.1) is 0 Å². The van der Waals surface area contributed by atoms with Gasteiger partial charge in [0.2, 0.25) is 6.30 Å². The fraction of sp³-hybridized carbons (Fsp3) is 0.833. The molecule has 122 valence electrons. The standard InChI is InChI=1S/C12H20F3N3O3/c1-12(2,3)21-11(20)18-6-4-17(5-7-18)10(19)16-9(15)8(13)14/h8-9H,4-7H2,1-3H3,(H,16,19). The van der Waals surface area contributed by atoms with Crippen LogP contribution in [0.3, 0.4) is 0 Å². The van der Waals surface area contributed by atoms with Crippen molar-refractivity contribution in [2.75, 3.05) is 26.2 Å². The molecule has 3 amide bonds. The average molecular weight is 311 g/mol. The third-order valence-corrected chi connectivity index (χ3v) is 2.70. The van der Waals surface area contributed by atoms with E-state index in [1.54, 1.807) is 26.1 Å². The Bertz CT molecular complexity index is 380. The molecule has 0 bridgehead atoms. The summed E-state index contributed by atoms with van der Waals surface area (Å²) in [7, 11) is 0. The predicted molar refractivity (Wildman–Crippen MR) is 68.8 cm³/mol. The van der Waals surface area contributed by atoms with Gasteiger partial charge in [-0.25, -0.2) is 22.8 Å². The van der Waals surface area contributed by atoms with E-state index >= 15 is 0 Å². The van der Waals surface area contributed by atoms with Gasteiger partial charge in [-0.15, -0.1) is 0 Å². The highest BCUT2D eigenvalue weighted by Crippen LogP contribution is 2.12. The van der Waals surface area contributed by atoms with E-state index < -0.39 is 30.4 Å². The van der Waals surface area contributed by atoms with Crippen LogP contribution < -0.4 is 5.32 Å². The van der Waals surface area contributed by atoms with Crippen molar-refractivity contribution >= 4 is 12.1 Å². The smallest absolute Gasteiger partial charge is 0.410 e. The van der Waals surface area contributed by atoms with Crippen molar-refractivity contribution < 1.29 is 27.5 Å². The third kappa shape index (κ3) is 5.68. The number of nitrogens with zero attached hydrogens (tertiary/aromatic N) is 2. The van der Waals surface area contributed by atoms with Crippen LogP contribution in [0.1, 0.15) is 20.8 Å². The van der Waals surface area contributed by atoms with Crippen LogP contribution in [0.5, 0.6) is 0 Å². The topological polar surface area (TPSA) is 61.9 Å². The zero-order valence-corrected chi connectivity index (χ0v) is 12.2. The van der Waals surface area contributed by atoms with Gasteiger partial charge in [0, 0.05) is 26.2 Å². The summed E-state index contributed by atoms with van der Waals surface area (Å²) in [4.78, 5) is 25.9. The quantitative estimate of drug-likeness (QED) is 0.791. The molecule has 0 saturated carbocycles. The molecule has 1 aliphatic heterocycles. The molecule has 1 N–H and O–H groups in total. The maximum atomic E-state index is 12.7. The molecule has 0 aliphatic carbocycles. The van der Waals surface area contributed by atoms with Crippen molar-refractivity contribution in [2.24, 2.45) is 0 Å². The molecule has 0 radical (unpaired) electrons. The molecule has 1 unspecified atom stereocenters. The molecule has 1 aliphatic rings. The van der Waals surface area contributed by atoms with E-state index in [9.17, 15) is 22.8 Å². The molecule has 6 nitrogen and oxygen atoms in total. The Balaban J connectivity index is 2.41. The van der Waals surface area contributed by atoms with Gasteiger partial charge in [-0.3, -0.25) is 0 Å². The Morgan fingerprint density at radius 1 is 1.05 bits per heavy atom. The minimum absolute atomic E-state index is 0.126. The van der Waals surface area contributed by atoms with Gasteiger partial charge in [0.25, 0.3) is 6.43 Å². The Hall–Kier alpha value is -1.67. The Labute approximate surface area is 121 Å². The second kappa shape index (κ2) is 6.86. The predicted octanol–water partition coefficient (Wildman–Crippen LogP) is 1.81. The van der Waals surface area contributed by atoms with Crippen LogP contribution >= 0.6 is 0 Å². The maximum absolute atomic E-state index is 12.7. The first kappa shape index (κ1) is 17.4. The number of hydrogen-bond acceptors (Lipinski definition) is 3. The number of urea groups is 1. The van der Waals surface area contributed by atoms with Gasteiger partial charge in [-0.2, -0.15) is 0 Å². The fourth-order valence-electron chi connectivity index (χ4n) is 1.69. The summed E-state index contributed by atoms with van der Waals surface area (Å²) in [6.07, 6.45) is -6.46. The van der Waals surface area contributed by atoms with Gasteiger partial charge in [0.1, 0.15) is 5.60 Å². The number of halogens is 3.